The molecule has 0 saturated carbocycles. The van der Waals surface area contributed by atoms with Crippen LogP contribution >= 0.6 is 0 Å². The van der Waals surface area contributed by atoms with Gasteiger partial charge in [0.05, 0.1) is 30.3 Å². The fraction of sp³-hybridized carbons (Fsp3) is 0.583. The van der Waals surface area contributed by atoms with Crippen LogP contribution in [0.3, 0.4) is 0 Å². The summed E-state index contributed by atoms with van der Waals surface area (Å²) < 4.78 is 32.6. The molecule has 38 heavy (non-hydrogen) atoms. The number of carbonyl (C=O) groups is 2. The number of para-hydroxylation sites is 1. The Balaban J connectivity index is 1.39. The Bertz CT molecular complexity index is 1200. The van der Waals surface area contributed by atoms with Crippen LogP contribution in [-0.4, -0.2) is 89.3 Å². The minimum Gasteiger partial charge on any atom is -0.492 e. The van der Waals surface area contributed by atoms with Gasteiger partial charge in [0.1, 0.15) is 11.9 Å². The van der Waals surface area contributed by atoms with Crippen molar-refractivity contribution in [1.29, 1.82) is 10.8 Å². The van der Waals surface area contributed by atoms with Crippen molar-refractivity contribution in [3.05, 3.63) is 29.3 Å². The first-order valence-corrected chi connectivity index (χ1v) is 12.4. The molecule has 3 unspecified atom stereocenters. The summed E-state index contributed by atoms with van der Waals surface area (Å²) in [7, 11) is 0. The van der Waals surface area contributed by atoms with Gasteiger partial charge in [-0.05, 0) is 17.9 Å². The fourth-order valence-corrected chi connectivity index (χ4v) is 5.85. The summed E-state index contributed by atoms with van der Waals surface area (Å²) in [5, 5.41) is 41.9. The van der Waals surface area contributed by atoms with E-state index < -0.39 is 47.6 Å². The number of guanidine groups is 2. The summed E-state index contributed by atoms with van der Waals surface area (Å²) in [6.45, 7) is 4.86. The SMILES string of the molecule is CC(F)(F)C(=O)NC[C@@H]1NC(=N)N2CC(NC(=O)c3cccc4c3OCCC4(C)C)[C@@H](O)C23NC(=N)NC13. The van der Waals surface area contributed by atoms with Crippen molar-refractivity contribution in [2.75, 3.05) is 19.7 Å². The van der Waals surface area contributed by atoms with E-state index in [1.165, 1.54) is 4.90 Å². The monoisotopic (exact) mass is 534 g/mol. The largest absolute Gasteiger partial charge is 0.492 e. The molecule has 2 amide bonds. The highest BCUT2D eigenvalue weighted by Gasteiger charge is 2.66. The number of hydrogen-bond donors (Lipinski definition) is 8. The maximum absolute atomic E-state index is 13.4. The molecule has 0 aliphatic carbocycles. The van der Waals surface area contributed by atoms with Gasteiger partial charge in [-0.25, -0.2) is 0 Å². The van der Waals surface area contributed by atoms with Gasteiger partial charge < -0.3 is 41.3 Å². The number of halogens is 2. The second-order valence-electron chi connectivity index (χ2n) is 10.9. The standard InChI is InChI=1S/C24H32F2N8O4/c1-22(2)7-8-38-15-11(5-4-6-12(15)22)18(36)30-14-10-34-21(28)31-13(9-29-19(37)23(3,25)26)16-24(34,17(14)35)33-20(27)32-16/h4-6,13-14,16-17,35H,7-10H2,1-3H3,(H2,28,31)(H,29,37)(H,30,36)(H3,27,32,33)/t13-,14?,16?,17+,24?/m0/s1. The number of nitrogens with one attached hydrogen (secondary N) is 7. The molecule has 1 aromatic rings. The van der Waals surface area contributed by atoms with Gasteiger partial charge >= 0.3 is 5.92 Å². The second-order valence-corrected chi connectivity index (χ2v) is 10.9. The molecule has 0 radical (unpaired) electrons. The van der Waals surface area contributed by atoms with Crippen LogP contribution in [0.25, 0.3) is 0 Å². The molecule has 1 aromatic carbocycles. The topological polar surface area (TPSA) is 175 Å². The Hall–Kier alpha value is -3.68. The third-order valence-corrected chi connectivity index (χ3v) is 7.91. The summed E-state index contributed by atoms with van der Waals surface area (Å²) in [6.07, 6.45) is -0.500. The first-order valence-electron chi connectivity index (χ1n) is 12.4. The molecule has 3 fully saturated rings. The van der Waals surface area contributed by atoms with Gasteiger partial charge in [-0.1, -0.05) is 26.0 Å². The van der Waals surface area contributed by atoms with E-state index in [0.717, 1.165) is 12.0 Å². The molecule has 4 aliphatic rings. The second kappa shape index (κ2) is 8.68. The van der Waals surface area contributed by atoms with E-state index in [0.29, 0.717) is 24.8 Å². The lowest BCUT2D eigenvalue weighted by Crippen LogP contribution is -2.78. The van der Waals surface area contributed by atoms with E-state index >= 15 is 0 Å². The molecular weight excluding hydrogens is 502 g/mol. The highest BCUT2D eigenvalue weighted by molar-refractivity contribution is 5.98. The maximum Gasteiger partial charge on any atom is 0.321 e. The van der Waals surface area contributed by atoms with Crippen molar-refractivity contribution in [3.63, 3.8) is 0 Å². The summed E-state index contributed by atoms with van der Waals surface area (Å²) in [5.74, 6) is -5.30. The smallest absolute Gasteiger partial charge is 0.321 e. The predicted octanol–water partition coefficient (Wildman–Crippen LogP) is -0.608. The summed E-state index contributed by atoms with van der Waals surface area (Å²) in [4.78, 5) is 26.7. The van der Waals surface area contributed by atoms with Crippen LogP contribution in [0.2, 0.25) is 0 Å². The van der Waals surface area contributed by atoms with E-state index in [4.69, 9.17) is 15.6 Å². The van der Waals surface area contributed by atoms with Crippen LogP contribution < -0.4 is 31.3 Å². The molecule has 4 heterocycles. The van der Waals surface area contributed by atoms with Crippen molar-refractivity contribution in [3.8, 4) is 5.75 Å². The predicted molar refractivity (Wildman–Crippen MR) is 132 cm³/mol. The maximum atomic E-state index is 13.4. The zero-order valence-corrected chi connectivity index (χ0v) is 21.2. The zero-order chi connectivity index (χ0) is 27.6. The number of alkyl halides is 2. The van der Waals surface area contributed by atoms with E-state index in [1.807, 2.05) is 6.07 Å². The van der Waals surface area contributed by atoms with Gasteiger partial charge in [0.25, 0.3) is 11.8 Å². The molecule has 1 spiro atoms. The van der Waals surface area contributed by atoms with Gasteiger partial charge in [-0.3, -0.25) is 20.4 Å². The number of hydrogen-bond acceptors (Lipinski definition) is 6. The average molecular weight is 535 g/mol. The molecule has 8 N–H and O–H groups in total. The van der Waals surface area contributed by atoms with Gasteiger partial charge in [0.2, 0.25) is 0 Å². The Kier molecular flexibility index (Phi) is 5.93. The number of aliphatic hydroxyl groups is 1. The average Bonchev–Trinajstić information content (AvgIpc) is 3.33. The number of ether oxygens (including phenoxy) is 1. The highest BCUT2D eigenvalue weighted by atomic mass is 19.3. The number of nitrogens with zero attached hydrogens (tertiary/aromatic N) is 1. The first-order chi connectivity index (χ1) is 17.8. The minimum absolute atomic E-state index is 0.0324. The number of carbonyl (C=O) groups excluding carboxylic acids is 2. The first kappa shape index (κ1) is 25.9. The lowest BCUT2D eigenvalue weighted by atomic mass is 9.79. The van der Waals surface area contributed by atoms with Gasteiger partial charge in [-0.15, -0.1) is 0 Å². The molecule has 0 bridgehead atoms. The quantitative estimate of drug-likeness (QED) is 0.247. The lowest BCUT2D eigenvalue weighted by molar-refractivity contribution is -0.143. The van der Waals surface area contributed by atoms with Gasteiger partial charge in [0.15, 0.2) is 17.6 Å². The molecule has 5 rings (SSSR count). The number of benzene rings is 1. The number of aliphatic hydroxyl groups excluding tert-OH is 1. The zero-order valence-electron chi connectivity index (χ0n) is 21.2. The van der Waals surface area contributed by atoms with Crippen LogP contribution in [0, 0.1) is 10.8 Å². The summed E-state index contributed by atoms with van der Waals surface area (Å²) in [5.41, 5.74) is -0.351. The Morgan fingerprint density at radius 3 is 2.74 bits per heavy atom. The van der Waals surface area contributed by atoms with Crippen LogP contribution in [0.15, 0.2) is 18.2 Å². The van der Waals surface area contributed by atoms with E-state index in [1.54, 1.807) is 12.1 Å². The number of rotatable bonds is 5. The Morgan fingerprint density at radius 1 is 1.29 bits per heavy atom. The Labute approximate surface area is 217 Å². The number of amides is 2. The summed E-state index contributed by atoms with van der Waals surface area (Å²) in [6, 6.07) is 2.90. The molecule has 14 heteroatoms. The van der Waals surface area contributed by atoms with Crippen LogP contribution in [0.5, 0.6) is 5.75 Å². The molecular formula is C24H32F2N8O4. The van der Waals surface area contributed by atoms with Crippen molar-refractivity contribution in [2.24, 2.45) is 0 Å². The van der Waals surface area contributed by atoms with Gasteiger partial charge in [-0.2, -0.15) is 8.78 Å². The molecule has 4 aliphatic heterocycles. The van der Waals surface area contributed by atoms with E-state index in [9.17, 15) is 23.5 Å². The molecule has 3 saturated heterocycles. The van der Waals surface area contributed by atoms with E-state index in [2.05, 4.69) is 40.4 Å². The highest BCUT2D eigenvalue weighted by Crippen LogP contribution is 2.41. The van der Waals surface area contributed by atoms with Crippen molar-refractivity contribution in [2.45, 2.75) is 68.4 Å². The minimum atomic E-state index is -3.59. The van der Waals surface area contributed by atoms with Crippen LogP contribution in [-0.2, 0) is 10.2 Å². The summed E-state index contributed by atoms with van der Waals surface area (Å²) >= 11 is 0. The van der Waals surface area contributed by atoms with Crippen molar-refractivity contribution in [1.82, 2.24) is 31.5 Å². The van der Waals surface area contributed by atoms with E-state index in [-0.39, 0.29) is 30.4 Å². The number of fused-ring (bicyclic) bond motifs is 1. The fourth-order valence-electron chi connectivity index (χ4n) is 5.85. The van der Waals surface area contributed by atoms with Crippen LogP contribution in [0.1, 0.15) is 43.1 Å². The lowest BCUT2D eigenvalue weighted by Gasteiger charge is -2.49. The van der Waals surface area contributed by atoms with Gasteiger partial charge in [0, 0.05) is 25.6 Å². The normalized spacial score (nSPS) is 31.1. The Morgan fingerprint density at radius 2 is 2.03 bits per heavy atom. The molecule has 0 aromatic heterocycles. The van der Waals surface area contributed by atoms with Crippen LogP contribution in [0.4, 0.5) is 8.78 Å². The van der Waals surface area contributed by atoms with Crippen molar-refractivity contribution < 1.29 is 28.2 Å². The molecule has 12 nitrogen and oxygen atoms in total. The van der Waals surface area contributed by atoms with Crippen molar-refractivity contribution >= 4 is 23.7 Å². The molecule has 206 valence electrons. The molecule has 5 atom stereocenters. The third-order valence-electron chi connectivity index (χ3n) is 7.91. The third kappa shape index (κ3) is 3.97.